The van der Waals surface area contributed by atoms with Crippen molar-refractivity contribution in [1.29, 1.82) is 0 Å². The fourth-order valence-electron chi connectivity index (χ4n) is 2.57. The first-order valence-corrected chi connectivity index (χ1v) is 10.6. The number of ether oxygens (including phenoxy) is 2. The average molecular weight is 490 g/mol. The SMILES string of the molecule is COc1ccc(C=NNC(=O)CSc2nnc(-c3ccc(Br)cc3)n2C)cc1OC. The molecule has 0 atom stereocenters. The third-order valence-corrected chi connectivity index (χ3v) is 5.63. The standard InChI is InChI=1S/C20H20BrN5O3S/c1-26-19(14-5-7-15(21)8-6-14)24-25-20(26)30-12-18(27)23-22-11-13-4-9-16(28-2)17(10-13)29-3/h4-11H,12H2,1-3H3,(H,23,27). The van der Waals surface area contributed by atoms with Gasteiger partial charge in [-0.1, -0.05) is 39.8 Å². The predicted molar refractivity (Wildman–Crippen MR) is 120 cm³/mol. The topological polar surface area (TPSA) is 90.6 Å². The molecule has 8 nitrogen and oxygen atoms in total. The summed E-state index contributed by atoms with van der Waals surface area (Å²) in [5, 5.41) is 13.0. The summed E-state index contributed by atoms with van der Waals surface area (Å²) in [5.74, 6) is 1.87. The smallest absolute Gasteiger partial charge is 0.250 e. The third-order valence-electron chi connectivity index (χ3n) is 4.08. The Bertz CT molecular complexity index is 1050. The summed E-state index contributed by atoms with van der Waals surface area (Å²) in [6.07, 6.45) is 1.54. The number of thioether (sulfide) groups is 1. The van der Waals surface area contributed by atoms with Crippen LogP contribution in [0.5, 0.6) is 11.5 Å². The molecule has 0 bridgehead atoms. The first-order chi connectivity index (χ1) is 14.5. The van der Waals surface area contributed by atoms with Crippen molar-refractivity contribution in [3.8, 4) is 22.9 Å². The summed E-state index contributed by atoms with van der Waals surface area (Å²) in [6, 6.07) is 13.2. The van der Waals surface area contributed by atoms with Crippen LogP contribution in [0, 0.1) is 0 Å². The van der Waals surface area contributed by atoms with Crippen LogP contribution in [0.2, 0.25) is 0 Å². The van der Waals surface area contributed by atoms with Crippen LogP contribution in [0.25, 0.3) is 11.4 Å². The predicted octanol–water partition coefficient (Wildman–Crippen LogP) is 3.50. The van der Waals surface area contributed by atoms with Crippen molar-refractivity contribution < 1.29 is 14.3 Å². The van der Waals surface area contributed by atoms with Crippen LogP contribution in [0.3, 0.4) is 0 Å². The third kappa shape index (κ3) is 5.39. The second kappa shape index (κ2) is 10.3. The molecule has 30 heavy (non-hydrogen) atoms. The number of nitrogens with zero attached hydrogens (tertiary/aromatic N) is 4. The maximum absolute atomic E-state index is 12.1. The zero-order valence-electron chi connectivity index (χ0n) is 16.6. The molecule has 1 aromatic heterocycles. The molecule has 0 radical (unpaired) electrons. The molecule has 10 heteroatoms. The van der Waals surface area contributed by atoms with Gasteiger partial charge in [-0.25, -0.2) is 5.43 Å². The Kier molecular flexibility index (Phi) is 7.47. The highest BCUT2D eigenvalue weighted by atomic mass is 79.9. The normalized spacial score (nSPS) is 10.9. The lowest BCUT2D eigenvalue weighted by atomic mass is 10.2. The number of rotatable bonds is 8. The van der Waals surface area contributed by atoms with Crippen molar-refractivity contribution in [3.05, 3.63) is 52.5 Å². The van der Waals surface area contributed by atoms with Crippen LogP contribution < -0.4 is 14.9 Å². The molecular formula is C20H20BrN5O3S. The van der Waals surface area contributed by atoms with Gasteiger partial charge in [-0.2, -0.15) is 5.10 Å². The zero-order chi connectivity index (χ0) is 21.5. The minimum atomic E-state index is -0.245. The van der Waals surface area contributed by atoms with Gasteiger partial charge >= 0.3 is 0 Å². The van der Waals surface area contributed by atoms with Crippen molar-refractivity contribution in [3.63, 3.8) is 0 Å². The molecule has 0 unspecified atom stereocenters. The van der Waals surface area contributed by atoms with Gasteiger partial charge in [-0.05, 0) is 35.9 Å². The zero-order valence-corrected chi connectivity index (χ0v) is 19.0. The fourth-order valence-corrected chi connectivity index (χ4v) is 3.53. The van der Waals surface area contributed by atoms with Gasteiger partial charge in [0, 0.05) is 17.1 Å². The van der Waals surface area contributed by atoms with Crippen molar-refractivity contribution in [2.45, 2.75) is 5.16 Å². The number of hydrazone groups is 1. The van der Waals surface area contributed by atoms with Gasteiger partial charge in [-0.15, -0.1) is 10.2 Å². The molecule has 0 saturated heterocycles. The van der Waals surface area contributed by atoms with Crippen LogP contribution in [-0.4, -0.2) is 46.9 Å². The lowest BCUT2D eigenvalue weighted by molar-refractivity contribution is -0.118. The van der Waals surface area contributed by atoms with Gasteiger partial charge in [0.25, 0.3) is 5.91 Å². The van der Waals surface area contributed by atoms with Crippen molar-refractivity contribution in [2.75, 3.05) is 20.0 Å². The Morgan fingerprint density at radius 3 is 2.60 bits per heavy atom. The number of halogens is 1. The van der Waals surface area contributed by atoms with Crippen LogP contribution >= 0.6 is 27.7 Å². The molecule has 3 rings (SSSR count). The van der Waals surface area contributed by atoms with Crippen molar-refractivity contribution in [2.24, 2.45) is 12.1 Å². The highest BCUT2D eigenvalue weighted by Crippen LogP contribution is 2.27. The van der Waals surface area contributed by atoms with Crippen LogP contribution in [-0.2, 0) is 11.8 Å². The molecule has 0 aliphatic heterocycles. The molecule has 2 aromatic carbocycles. The number of methoxy groups -OCH3 is 2. The van der Waals surface area contributed by atoms with E-state index in [2.05, 4.69) is 36.7 Å². The van der Waals surface area contributed by atoms with E-state index in [1.165, 1.54) is 11.8 Å². The first-order valence-electron chi connectivity index (χ1n) is 8.84. The first kappa shape index (κ1) is 21.8. The molecular weight excluding hydrogens is 470 g/mol. The summed E-state index contributed by atoms with van der Waals surface area (Å²) >= 11 is 4.71. The number of carbonyl (C=O) groups is 1. The lowest BCUT2D eigenvalue weighted by Gasteiger charge is -2.07. The Balaban J connectivity index is 1.55. The van der Waals surface area contributed by atoms with Gasteiger partial charge in [0.15, 0.2) is 22.5 Å². The number of carbonyl (C=O) groups excluding carboxylic acids is 1. The molecule has 3 aromatic rings. The molecule has 0 saturated carbocycles. The average Bonchev–Trinajstić information content (AvgIpc) is 3.13. The van der Waals surface area contributed by atoms with Gasteiger partial charge in [0.05, 0.1) is 26.2 Å². The highest BCUT2D eigenvalue weighted by molar-refractivity contribution is 9.10. The highest BCUT2D eigenvalue weighted by Gasteiger charge is 2.12. The molecule has 1 amide bonds. The molecule has 0 aliphatic rings. The number of hydrogen-bond acceptors (Lipinski definition) is 7. The van der Waals surface area contributed by atoms with E-state index < -0.39 is 0 Å². The van der Waals surface area contributed by atoms with E-state index in [0.717, 1.165) is 21.4 Å². The van der Waals surface area contributed by atoms with Crippen molar-refractivity contribution in [1.82, 2.24) is 20.2 Å². The van der Waals surface area contributed by atoms with Gasteiger partial charge in [0.1, 0.15) is 0 Å². The molecule has 0 spiro atoms. The Labute approximate surface area is 186 Å². The number of amides is 1. The Morgan fingerprint density at radius 2 is 1.90 bits per heavy atom. The second-order valence-electron chi connectivity index (χ2n) is 6.07. The Morgan fingerprint density at radius 1 is 1.17 bits per heavy atom. The fraction of sp³-hybridized carbons (Fsp3) is 0.200. The van der Waals surface area contributed by atoms with E-state index in [4.69, 9.17) is 9.47 Å². The molecule has 0 aliphatic carbocycles. The van der Waals surface area contributed by atoms with Gasteiger partial charge in [0.2, 0.25) is 0 Å². The second-order valence-corrected chi connectivity index (χ2v) is 7.93. The van der Waals surface area contributed by atoms with Gasteiger partial charge < -0.3 is 14.0 Å². The van der Waals surface area contributed by atoms with Crippen LogP contribution in [0.4, 0.5) is 0 Å². The summed E-state index contributed by atoms with van der Waals surface area (Å²) < 4.78 is 13.3. The maximum atomic E-state index is 12.1. The number of hydrogen-bond donors (Lipinski definition) is 1. The van der Waals surface area contributed by atoms with E-state index in [1.54, 1.807) is 32.6 Å². The number of aromatic nitrogens is 3. The molecule has 156 valence electrons. The van der Waals surface area contributed by atoms with E-state index in [-0.39, 0.29) is 11.7 Å². The number of nitrogens with one attached hydrogen (secondary N) is 1. The van der Waals surface area contributed by atoms with Crippen LogP contribution in [0.1, 0.15) is 5.56 Å². The summed E-state index contributed by atoms with van der Waals surface area (Å²) in [7, 11) is 5.00. The van der Waals surface area contributed by atoms with E-state index >= 15 is 0 Å². The Hall–Kier alpha value is -2.85. The minimum absolute atomic E-state index is 0.162. The largest absolute Gasteiger partial charge is 0.493 e. The van der Waals surface area contributed by atoms with Gasteiger partial charge in [-0.3, -0.25) is 4.79 Å². The quantitative estimate of drug-likeness (QED) is 0.295. The molecule has 1 N–H and O–H groups in total. The van der Waals surface area contributed by atoms with Crippen molar-refractivity contribution >= 4 is 39.8 Å². The maximum Gasteiger partial charge on any atom is 0.250 e. The van der Waals surface area contributed by atoms with Crippen LogP contribution in [0.15, 0.2) is 57.2 Å². The lowest BCUT2D eigenvalue weighted by Crippen LogP contribution is -2.19. The van der Waals surface area contributed by atoms with E-state index in [9.17, 15) is 4.79 Å². The molecule has 1 heterocycles. The molecule has 0 fully saturated rings. The summed E-state index contributed by atoms with van der Waals surface area (Å²) in [4.78, 5) is 12.1. The summed E-state index contributed by atoms with van der Waals surface area (Å²) in [6.45, 7) is 0. The minimum Gasteiger partial charge on any atom is -0.493 e. The van der Waals surface area contributed by atoms with E-state index in [1.807, 2.05) is 41.9 Å². The monoisotopic (exact) mass is 489 g/mol. The number of benzene rings is 2. The summed E-state index contributed by atoms with van der Waals surface area (Å²) in [5.41, 5.74) is 4.23. The van der Waals surface area contributed by atoms with E-state index in [0.29, 0.717) is 16.7 Å².